The third-order valence-electron chi connectivity index (χ3n) is 2.93. The van der Waals surface area contributed by atoms with Crippen molar-refractivity contribution in [2.45, 2.75) is 39.7 Å². The maximum Gasteiger partial charge on any atom is 0.315 e. The van der Waals surface area contributed by atoms with E-state index in [0.29, 0.717) is 19.7 Å². The van der Waals surface area contributed by atoms with E-state index in [1.54, 1.807) is 0 Å². The molecule has 4 nitrogen and oxygen atoms in total. The zero-order chi connectivity index (χ0) is 14.6. The third-order valence-corrected chi connectivity index (χ3v) is 2.93. The van der Waals surface area contributed by atoms with Gasteiger partial charge < -0.3 is 15.4 Å². The summed E-state index contributed by atoms with van der Waals surface area (Å²) in [7, 11) is 0. The maximum absolute atomic E-state index is 11.6. The van der Waals surface area contributed by atoms with Crippen LogP contribution in [-0.2, 0) is 11.3 Å². The van der Waals surface area contributed by atoms with Crippen LogP contribution >= 0.6 is 0 Å². The Morgan fingerprint density at radius 3 is 2.75 bits per heavy atom. The highest BCUT2D eigenvalue weighted by Gasteiger charge is 1.99. The van der Waals surface area contributed by atoms with Crippen LogP contribution in [0.1, 0.15) is 37.3 Å². The Balaban J connectivity index is 2.03. The fourth-order valence-electron chi connectivity index (χ4n) is 1.79. The van der Waals surface area contributed by atoms with E-state index < -0.39 is 0 Å². The number of rotatable bonds is 9. The highest BCUT2D eigenvalue weighted by atomic mass is 16.5. The molecular weight excluding hydrogens is 252 g/mol. The molecule has 0 spiro atoms. The molecule has 1 rings (SSSR count). The standard InChI is InChI=1S/C16H26N2O2/c1-3-4-10-20-11-6-9-17-16(19)18-13-15-8-5-7-14(2)12-15/h5,7-8,12H,3-4,6,9-11,13H2,1-2H3,(H2,17,18,19). The highest BCUT2D eigenvalue weighted by molar-refractivity contribution is 5.73. The van der Waals surface area contributed by atoms with Gasteiger partial charge >= 0.3 is 6.03 Å². The van der Waals surface area contributed by atoms with Crippen LogP contribution in [0, 0.1) is 6.92 Å². The van der Waals surface area contributed by atoms with E-state index in [1.807, 2.05) is 25.1 Å². The Bertz CT molecular complexity index is 394. The van der Waals surface area contributed by atoms with Crippen molar-refractivity contribution in [2.75, 3.05) is 19.8 Å². The van der Waals surface area contributed by atoms with E-state index in [-0.39, 0.29) is 6.03 Å². The van der Waals surface area contributed by atoms with Crippen molar-refractivity contribution in [3.05, 3.63) is 35.4 Å². The lowest BCUT2D eigenvalue weighted by Crippen LogP contribution is -2.35. The van der Waals surface area contributed by atoms with Crippen LogP contribution < -0.4 is 10.6 Å². The Morgan fingerprint density at radius 1 is 1.20 bits per heavy atom. The van der Waals surface area contributed by atoms with Crippen LogP contribution in [-0.4, -0.2) is 25.8 Å². The molecule has 0 saturated carbocycles. The molecule has 0 aromatic heterocycles. The number of carbonyl (C=O) groups is 1. The Hall–Kier alpha value is -1.55. The predicted molar refractivity (Wildman–Crippen MR) is 81.8 cm³/mol. The number of urea groups is 1. The number of hydrogen-bond acceptors (Lipinski definition) is 2. The summed E-state index contributed by atoms with van der Waals surface area (Å²) in [6.45, 7) is 6.91. The topological polar surface area (TPSA) is 50.4 Å². The van der Waals surface area contributed by atoms with Crippen molar-refractivity contribution in [1.29, 1.82) is 0 Å². The van der Waals surface area contributed by atoms with Crippen LogP contribution in [0.5, 0.6) is 0 Å². The molecule has 1 aromatic carbocycles. The number of hydrogen-bond donors (Lipinski definition) is 2. The summed E-state index contributed by atoms with van der Waals surface area (Å²) in [5.41, 5.74) is 2.32. The molecule has 0 aliphatic rings. The molecule has 2 amide bonds. The van der Waals surface area contributed by atoms with E-state index >= 15 is 0 Å². The molecule has 112 valence electrons. The van der Waals surface area contributed by atoms with Crippen molar-refractivity contribution in [3.8, 4) is 0 Å². The minimum absolute atomic E-state index is 0.125. The average molecular weight is 278 g/mol. The maximum atomic E-state index is 11.6. The number of benzene rings is 1. The minimum Gasteiger partial charge on any atom is -0.381 e. The van der Waals surface area contributed by atoms with Crippen molar-refractivity contribution in [3.63, 3.8) is 0 Å². The first-order valence-corrected chi connectivity index (χ1v) is 7.37. The van der Waals surface area contributed by atoms with Gasteiger partial charge in [0.1, 0.15) is 0 Å². The summed E-state index contributed by atoms with van der Waals surface area (Å²) >= 11 is 0. The molecule has 0 fully saturated rings. The van der Waals surface area contributed by atoms with Crippen molar-refractivity contribution < 1.29 is 9.53 Å². The van der Waals surface area contributed by atoms with E-state index in [4.69, 9.17) is 4.74 Å². The summed E-state index contributed by atoms with van der Waals surface area (Å²) in [4.78, 5) is 11.6. The summed E-state index contributed by atoms with van der Waals surface area (Å²) < 4.78 is 5.43. The van der Waals surface area contributed by atoms with Crippen molar-refractivity contribution in [1.82, 2.24) is 10.6 Å². The largest absolute Gasteiger partial charge is 0.381 e. The number of aryl methyl sites for hydroxylation is 1. The number of nitrogens with one attached hydrogen (secondary N) is 2. The summed E-state index contributed by atoms with van der Waals surface area (Å²) in [6, 6.07) is 8.00. The van der Waals surface area contributed by atoms with Gasteiger partial charge in [0, 0.05) is 26.3 Å². The summed E-state index contributed by atoms with van der Waals surface area (Å²) in [5.74, 6) is 0. The molecule has 4 heteroatoms. The molecule has 0 aliphatic carbocycles. The molecule has 2 N–H and O–H groups in total. The first-order valence-electron chi connectivity index (χ1n) is 7.37. The third kappa shape index (κ3) is 7.79. The zero-order valence-electron chi connectivity index (χ0n) is 12.6. The number of unbranched alkanes of at least 4 members (excludes halogenated alkanes) is 1. The first kappa shape index (κ1) is 16.5. The Morgan fingerprint density at radius 2 is 2.00 bits per heavy atom. The smallest absolute Gasteiger partial charge is 0.315 e. The van der Waals surface area contributed by atoms with Gasteiger partial charge in [-0.05, 0) is 25.3 Å². The fourth-order valence-corrected chi connectivity index (χ4v) is 1.79. The Labute approximate surface area is 121 Å². The number of carbonyl (C=O) groups excluding carboxylic acids is 1. The van der Waals surface area contributed by atoms with E-state index in [2.05, 4.69) is 23.6 Å². The van der Waals surface area contributed by atoms with Gasteiger partial charge in [-0.1, -0.05) is 43.2 Å². The van der Waals surface area contributed by atoms with E-state index in [0.717, 1.165) is 31.4 Å². The molecule has 0 radical (unpaired) electrons. The minimum atomic E-state index is -0.125. The van der Waals surface area contributed by atoms with Crippen LogP contribution in [0.4, 0.5) is 4.79 Å². The Kier molecular flexibility index (Phi) is 8.47. The lowest BCUT2D eigenvalue weighted by molar-refractivity contribution is 0.129. The summed E-state index contributed by atoms with van der Waals surface area (Å²) in [6.07, 6.45) is 3.10. The molecule has 20 heavy (non-hydrogen) atoms. The van der Waals surface area contributed by atoms with Gasteiger partial charge in [0.05, 0.1) is 0 Å². The molecule has 0 bridgehead atoms. The molecule has 0 heterocycles. The zero-order valence-corrected chi connectivity index (χ0v) is 12.6. The number of amides is 2. The second-order valence-electron chi connectivity index (χ2n) is 4.92. The SMILES string of the molecule is CCCCOCCCNC(=O)NCc1cccc(C)c1. The van der Waals surface area contributed by atoms with Gasteiger partial charge in [-0.2, -0.15) is 0 Å². The molecule has 0 atom stereocenters. The number of ether oxygens (including phenoxy) is 1. The van der Waals surface area contributed by atoms with Crippen LogP contribution in [0.2, 0.25) is 0 Å². The van der Waals surface area contributed by atoms with Crippen LogP contribution in [0.15, 0.2) is 24.3 Å². The highest BCUT2D eigenvalue weighted by Crippen LogP contribution is 2.02. The van der Waals surface area contributed by atoms with E-state index in [1.165, 1.54) is 5.56 Å². The monoisotopic (exact) mass is 278 g/mol. The quantitative estimate of drug-likeness (QED) is 0.682. The van der Waals surface area contributed by atoms with Crippen LogP contribution in [0.3, 0.4) is 0 Å². The normalized spacial score (nSPS) is 10.3. The fraction of sp³-hybridized carbons (Fsp3) is 0.562. The average Bonchev–Trinajstić information content (AvgIpc) is 2.44. The van der Waals surface area contributed by atoms with Gasteiger partial charge in [-0.15, -0.1) is 0 Å². The van der Waals surface area contributed by atoms with E-state index in [9.17, 15) is 4.79 Å². The first-order chi connectivity index (χ1) is 9.72. The molecular formula is C16H26N2O2. The van der Waals surface area contributed by atoms with Gasteiger partial charge in [-0.25, -0.2) is 4.79 Å². The van der Waals surface area contributed by atoms with Crippen LogP contribution in [0.25, 0.3) is 0 Å². The molecule has 0 unspecified atom stereocenters. The lowest BCUT2D eigenvalue weighted by atomic mass is 10.1. The molecule has 0 saturated heterocycles. The molecule has 0 aliphatic heterocycles. The second kappa shape index (κ2) is 10.3. The second-order valence-corrected chi connectivity index (χ2v) is 4.92. The predicted octanol–water partition coefficient (Wildman–Crippen LogP) is 3.00. The molecule has 1 aromatic rings. The lowest BCUT2D eigenvalue weighted by Gasteiger charge is -2.08. The van der Waals surface area contributed by atoms with Gasteiger partial charge in [0.15, 0.2) is 0 Å². The van der Waals surface area contributed by atoms with Crippen molar-refractivity contribution >= 4 is 6.03 Å². The van der Waals surface area contributed by atoms with Gasteiger partial charge in [-0.3, -0.25) is 0 Å². The van der Waals surface area contributed by atoms with Crippen molar-refractivity contribution in [2.24, 2.45) is 0 Å². The van der Waals surface area contributed by atoms with Gasteiger partial charge in [0.25, 0.3) is 0 Å². The van der Waals surface area contributed by atoms with Gasteiger partial charge in [0.2, 0.25) is 0 Å². The summed E-state index contributed by atoms with van der Waals surface area (Å²) in [5, 5.41) is 5.67.